The van der Waals surface area contributed by atoms with E-state index in [4.69, 9.17) is 14.2 Å². The van der Waals surface area contributed by atoms with E-state index in [2.05, 4.69) is 5.32 Å². The lowest BCUT2D eigenvalue weighted by molar-refractivity contribution is -0.119. The van der Waals surface area contributed by atoms with E-state index >= 15 is 0 Å². The summed E-state index contributed by atoms with van der Waals surface area (Å²) in [4.78, 5) is 24.8. The van der Waals surface area contributed by atoms with Crippen molar-refractivity contribution in [2.75, 3.05) is 26.1 Å². The maximum atomic E-state index is 13.2. The maximum Gasteiger partial charge on any atom is 0.340 e. The largest absolute Gasteiger partial charge is 0.497 e. The normalized spacial score (nSPS) is 10.5. The Hall–Kier alpha value is -3.81. The molecule has 31 heavy (non-hydrogen) atoms. The van der Waals surface area contributed by atoms with Gasteiger partial charge in [-0.25, -0.2) is 9.18 Å². The van der Waals surface area contributed by atoms with Crippen LogP contribution in [0.1, 0.15) is 21.7 Å². The third kappa shape index (κ3) is 5.03. The van der Waals surface area contributed by atoms with Crippen molar-refractivity contribution in [2.24, 2.45) is 0 Å². The summed E-state index contributed by atoms with van der Waals surface area (Å²) in [6, 6.07) is 12.5. The Morgan fingerprint density at radius 1 is 0.968 bits per heavy atom. The molecule has 7 nitrogen and oxygen atoms in total. The van der Waals surface area contributed by atoms with Crippen molar-refractivity contribution in [3.05, 3.63) is 71.3 Å². The third-order valence-electron chi connectivity index (χ3n) is 4.71. The standard InChI is InChI=1S/C23H23FN2O5/c1-14-9-21(15(2)26(14)18-7-5-16(24)6-8-18)23(28)31-13-22(27)25-17-10-19(29-3)12-20(11-17)30-4/h5-12H,13H2,1-4H3,(H,25,27). The lowest BCUT2D eigenvalue weighted by Gasteiger charge is -2.11. The fourth-order valence-corrected chi connectivity index (χ4v) is 3.24. The summed E-state index contributed by atoms with van der Waals surface area (Å²) in [6.07, 6.45) is 0. The Labute approximate surface area is 179 Å². The highest BCUT2D eigenvalue weighted by Crippen LogP contribution is 2.26. The fraction of sp³-hybridized carbons (Fsp3) is 0.217. The number of halogens is 1. The predicted molar refractivity (Wildman–Crippen MR) is 114 cm³/mol. The van der Waals surface area contributed by atoms with E-state index in [9.17, 15) is 14.0 Å². The summed E-state index contributed by atoms with van der Waals surface area (Å²) in [5.74, 6) is -0.443. The zero-order valence-corrected chi connectivity index (χ0v) is 17.7. The molecule has 0 saturated carbocycles. The number of hydrogen-bond donors (Lipinski definition) is 1. The molecule has 162 valence electrons. The molecule has 1 N–H and O–H groups in total. The molecule has 1 aromatic heterocycles. The van der Waals surface area contributed by atoms with E-state index in [0.717, 1.165) is 11.4 Å². The van der Waals surface area contributed by atoms with Gasteiger partial charge in [0, 0.05) is 41.0 Å². The molecule has 0 aliphatic carbocycles. The number of methoxy groups -OCH3 is 2. The molecule has 2 aromatic carbocycles. The van der Waals surface area contributed by atoms with Crippen LogP contribution in [0.5, 0.6) is 11.5 Å². The minimum absolute atomic E-state index is 0.331. The Bertz CT molecular complexity index is 1080. The van der Waals surface area contributed by atoms with Crippen molar-refractivity contribution in [3.63, 3.8) is 0 Å². The van der Waals surface area contributed by atoms with Gasteiger partial charge in [0.15, 0.2) is 6.61 Å². The second-order valence-corrected chi connectivity index (χ2v) is 6.82. The third-order valence-corrected chi connectivity index (χ3v) is 4.71. The molecule has 0 radical (unpaired) electrons. The fourth-order valence-electron chi connectivity index (χ4n) is 3.24. The molecule has 0 atom stereocenters. The number of esters is 1. The van der Waals surface area contributed by atoms with Gasteiger partial charge in [-0.15, -0.1) is 0 Å². The Morgan fingerprint density at radius 3 is 2.16 bits per heavy atom. The Morgan fingerprint density at radius 2 is 1.58 bits per heavy atom. The number of nitrogens with zero attached hydrogens (tertiary/aromatic N) is 1. The highest BCUT2D eigenvalue weighted by Gasteiger charge is 2.19. The number of anilines is 1. The van der Waals surface area contributed by atoms with Crippen LogP contribution in [0.15, 0.2) is 48.5 Å². The van der Waals surface area contributed by atoms with Gasteiger partial charge in [-0.05, 0) is 44.2 Å². The van der Waals surface area contributed by atoms with Gasteiger partial charge in [-0.3, -0.25) is 4.79 Å². The van der Waals surface area contributed by atoms with Crippen molar-refractivity contribution in [3.8, 4) is 17.2 Å². The summed E-state index contributed by atoms with van der Waals surface area (Å²) in [5.41, 5.74) is 2.92. The van der Waals surface area contributed by atoms with E-state index < -0.39 is 18.5 Å². The van der Waals surface area contributed by atoms with E-state index in [1.54, 1.807) is 43.3 Å². The van der Waals surface area contributed by atoms with Gasteiger partial charge in [-0.1, -0.05) is 0 Å². The molecular weight excluding hydrogens is 403 g/mol. The summed E-state index contributed by atoms with van der Waals surface area (Å²) >= 11 is 0. The molecule has 0 saturated heterocycles. The smallest absolute Gasteiger partial charge is 0.340 e. The molecule has 0 bridgehead atoms. The highest BCUT2D eigenvalue weighted by atomic mass is 19.1. The summed E-state index contributed by atoms with van der Waals surface area (Å²) in [5, 5.41) is 2.64. The highest BCUT2D eigenvalue weighted by molar-refractivity contribution is 5.96. The first kappa shape index (κ1) is 21.9. The average molecular weight is 426 g/mol. The summed E-state index contributed by atoms with van der Waals surface area (Å²) in [7, 11) is 3.01. The van der Waals surface area contributed by atoms with Crippen molar-refractivity contribution in [1.29, 1.82) is 0 Å². The van der Waals surface area contributed by atoms with Gasteiger partial charge in [-0.2, -0.15) is 0 Å². The summed E-state index contributed by atoms with van der Waals surface area (Å²) in [6.45, 7) is 3.13. The van der Waals surface area contributed by atoms with Gasteiger partial charge in [0.2, 0.25) is 0 Å². The molecule has 8 heteroatoms. The zero-order chi connectivity index (χ0) is 22.5. The van der Waals surface area contributed by atoms with Crippen LogP contribution in [0.2, 0.25) is 0 Å². The molecule has 0 fully saturated rings. The SMILES string of the molecule is COc1cc(NC(=O)COC(=O)c2cc(C)n(-c3ccc(F)cc3)c2C)cc(OC)c1. The number of ether oxygens (including phenoxy) is 3. The van der Waals surface area contributed by atoms with Crippen LogP contribution in [-0.2, 0) is 9.53 Å². The number of carbonyl (C=O) groups is 2. The van der Waals surface area contributed by atoms with Crippen LogP contribution in [0.4, 0.5) is 10.1 Å². The number of amides is 1. The van der Waals surface area contributed by atoms with Crippen molar-refractivity contribution in [1.82, 2.24) is 4.57 Å². The molecule has 1 amide bonds. The van der Waals surface area contributed by atoms with Gasteiger partial charge >= 0.3 is 5.97 Å². The Balaban J connectivity index is 1.68. The first-order valence-electron chi connectivity index (χ1n) is 9.47. The van der Waals surface area contributed by atoms with Gasteiger partial charge in [0.25, 0.3) is 5.91 Å². The topological polar surface area (TPSA) is 78.8 Å². The van der Waals surface area contributed by atoms with Crippen LogP contribution >= 0.6 is 0 Å². The van der Waals surface area contributed by atoms with Crippen LogP contribution < -0.4 is 14.8 Å². The number of aromatic nitrogens is 1. The van der Waals surface area contributed by atoms with Crippen molar-refractivity contribution >= 4 is 17.6 Å². The van der Waals surface area contributed by atoms with E-state index in [1.807, 2.05) is 11.5 Å². The molecule has 0 aliphatic heterocycles. The minimum atomic E-state index is -0.625. The first-order chi connectivity index (χ1) is 14.8. The van der Waals surface area contributed by atoms with Gasteiger partial charge in [0.05, 0.1) is 19.8 Å². The molecule has 0 spiro atoms. The van der Waals surface area contributed by atoms with Crippen LogP contribution in [0.3, 0.4) is 0 Å². The molecular formula is C23H23FN2O5. The number of hydrogen-bond acceptors (Lipinski definition) is 5. The molecule has 0 aliphatic rings. The second-order valence-electron chi connectivity index (χ2n) is 6.82. The average Bonchev–Trinajstić information content (AvgIpc) is 3.06. The molecule has 1 heterocycles. The van der Waals surface area contributed by atoms with Crippen LogP contribution in [0, 0.1) is 19.7 Å². The molecule has 3 aromatic rings. The predicted octanol–water partition coefficient (Wildman–Crippen LogP) is 4.05. The van der Waals surface area contributed by atoms with E-state index in [-0.39, 0.29) is 5.82 Å². The van der Waals surface area contributed by atoms with Gasteiger partial charge in [0.1, 0.15) is 17.3 Å². The zero-order valence-electron chi connectivity index (χ0n) is 17.7. The van der Waals surface area contributed by atoms with Gasteiger partial charge < -0.3 is 24.1 Å². The monoisotopic (exact) mass is 426 g/mol. The number of aryl methyl sites for hydroxylation is 1. The van der Waals surface area contributed by atoms with Crippen LogP contribution in [0.25, 0.3) is 5.69 Å². The van der Waals surface area contributed by atoms with E-state index in [1.165, 1.54) is 26.4 Å². The number of carbonyl (C=O) groups excluding carboxylic acids is 2. The lowest BCUT2D eigenvalue weighted by atomic mass is 10.2. The number of benzene rings is 2. The first-order valence-corrected chi connectivity index (χ1v) is 9.47. The number of nitrogens with one attached hydrogen (secondary N) is 1. The quantitative estimate of drug-likeness (QED) is 0.577. The van der Waals surface area contributed by atoms with E-state index in [0.29, 0.717) is 28.4 Å². The second kappa shape index (κ2) is 9.34. The van der Waals surface area contributed by atoms with Crippen molar-refractivity contribution < 1.29 is 28.2 Å². The summed E-state index contributed by atoms with van der Waals surface area (Å²) < 4.78 is 30.6. The maximum absolute atomic E-state index is 13.2. The Kier molecular flexibility index (Phi) is 6.59. The molecule has 0 unspecified atom stereocenters. The minimum Gasteiger partial charge on any atom is -0.497 e. The molecule has 3 rings (SSSR count). The lowest BCUT2D eigenvalue weighted by Crippen LogP contribution is -2.21. The number of rotatable bonds is 7. The van der Waals surface area contributed by atoms with Crippen molar-refractivity contribution in [2.45, 2.75) is 13.8 Å². The van der Waals surface area contributed by atoms with Crippen LogP contribution in [-0.4, -0.2) is 37.3 Å².